The van der Waals surface area contributed by atoms with Gasteiger partial charge in [-0.1, -0.05) is 0 Å². The minimum atomic E-state index is -0.803. The highest BCUT2D eigenvalue weighted by Crippen LogP contribution is 2.35. The molecule has 0 radical (unpaired) electrons. The van der Waals surface area contributed by atoms with Crippen molar-refractivity contribution in [2.75, 3.05) is 19.8 Å². The summed E-state index contributed by atoms with van der Waals surface area (Å²) in [6.07, 6.45) is 0.667. The lowest BCUT2D eigenvalue weighted by atomic mass is 9.86. The Morgan fingerprint density at radius 2 is 2.17 bits per heavy atom. The Hall–Kier alpha value is -0.120. The monoisotopic (exact) mass is 174 g/mol. The summed E-state index contributed by atoms with van der Waals surface area (Å²) in [5.74, 6) is 0. The smallest absolute Gasteiger partial charge is 0.118 e. The van der Waals surface area contributed by atoms with Crippen LogP contribution in [0.25, 0.3) is 0 Å². The molecule has 1 aliphatic heterocycles. The molecule has 1 heterocycles. The number of rotatable bonds is 3. The van der Waals surface area contributed by atoms with Crippen LogP contribution in [0.4, 0.5) is 0 Å². The number of hydrogen-bond acceptors (Lipinski definition) is 3. The van der Waals surface area contributed by atoms with Crippen molar-refractivity contribution in [1.29, 1.82) is 0 Å². The Labute approximate surface area is 73.7 Å². The van der Waals surface area contributed by atoms with Crippen molar-refractivity contribution in [3.05, 3.63) is 0 Å². The molecule has 1 aliphatic rings. The van der Waals surface area contributed by atoms with E-state index in [1.807, 2.05) is 20.8 Å². The van der Waals surface area contributed by atoms with Crippen LogP contribution in [-0.2, 0) is 9.47 Å². The topological polar surface area (TPSA) is 38.7 Å². The van der Waals surface area contributed by atoms with E-state index < -0.39 is 11.2 Å². The lowest BCUT2D eigenvalue weighted by Crippen LogP contribution is -2.49. The van der Waals surface area contributed by atoms with E-state index in [-0.39, 0.29) is 0 Å². The average molecular weight is 174 g/mol. The molecule has 0 spiro atoms. The summed E-state index contributed by atoms with van der Waals surface area (Å²) in [5, 5.41) is 10.1. The van der Waals surface area contributed by atoms with Crippen molar-refractivity contribution >= 4 is 0 Å². The molecule has 0 bridgehead atoms. The van der Waals surface area contributed by atoms with E-state index in [1.54, 1.807) is 0 Å². The molecule has 0 saturated carbocycles. The third-order valence-electron chi connectivity index (χ3n) is 2.64. The van der Waals surface area contributed by atoms with E-state index >= 15 is 0 Å². The van der Waals surface area contributed by atoms with Crippen LogP contribution in [0.15, 0.2) is 0 Å². The van der Waals surface area contributed by atoms with E-state index in [4.69, 9.17) is 9.47 Å². The molecule has 0 aromatic rings. The molecule has 1 saturated heterocycles. The highest BCUT2D eigenvalue weighted by molar-refractivity contribution is 4.99. The molecular formula is C9H18O3. The van der Waals surface area contributed by atoms with Crippen LogP contribution in [0.3, 0.4) is 0 Å². The largest absolute Gasteiger partial charge is 0.384 e. The first-order valence-corrected chi connectivity index (χ1v) is 4.46. The number of ether oxygens (including phenoxy) is 2. The molecule has 0 aromatic heterocycles. The zero-order valence-electron chi connectivity index (χ0n) is 8.09. The van der Waals surface area contributed by atoms with Crippen molar-refractivity contribution in [3.8, 4) is 0 Å². The summed E-state index contributed by atoms with van der Waals surface area (Å²) in [4.78, 5) is 0. The van der Waals surface area contributed by atoms with Gasteiger partial charge in [0, 0.05) is 13.0 Å². The highest BCUT2D eigenvalue weighted by atomic mass is 16.5. The maximum atomic E-state index is 10.1. The maximum absolute atomic E-state index is 10.1. The Morgan fingerprint density at radius 1 is 1.50 bits per heavy atom. The Bertz CT molecular complexity index is 156. The molecule has 1 rings (SSSR count). The van der Waals surface area contributed by atoms with Gasteiger partial charge in [0.1, 0.15) is 5.60 Å². The van der Waals surface area contributed by atoms with Crippen molar-refractivity contribution < 1.29 is 14.6 Å². The molecule has 3 heteroatoms. The zero-order valence-corrected chi connectivity index (χ0v) is 8.09. The molecule has 1 atom stereocenters. The first kappa shape index (κ1) is 9.96. The fourth-order valence-corrected chi connectivity index (χ4v) is 1.43. The first-order chi connectivity index (χ1) is 5.52. The van der Waals surface area contributed by atoms with E-state index in [2.05, 4.69) is 0 Å². The van der Waals surface area contributed by atoms with Gasteiger partial charge in [-0.25, -0.2) is 0 Å². The van der Waals surface area contributed by atoms with Crippen LogP contribution in [-0.4, -0.2) is 36.1 Å². The van der Waals surface area contributed by atoms with Crippen molar-refractivity contribution in [2.45, 2.75) is 38.4 Å². The second-order valence-electron chi connectivity index (χ2n) is 3.78. The van der Waals surface area contributed by atoms with Gasteiger partial charge in [0.2, 0.25) is 0 Å². The molecule has 72 valence electrons. The van der Waals surface area contributed by atoms with Crippen LogP contribution in [0.2, 0.25) is 0 Å². The van der Waals surface area contributed by atoms with Gasteiger partial charge >= 0.3 is 0 Å². The molecule has 12 heavy (non-hydrogen) atoms. The van der Waals surface area contributed by atoms with Gasteiger partial charge in [-0.3, -0.25) is 0 Å². The SMILES string of the molecule is CCOCC1(O)CCOC1(C)C. The lowest BCUT2D eigenvalue weighted by Gasteiger charge is -2.34. The van der Waals surface area contributed by atoms with Gasteiger partial charge in [-0.15, -0.1) is 0 Å². The zero-order chi connectivity index (χ0) is 9.24. The third kappa shape index (κ3) is 1.63. The summed E-state index contributed by atoms with van der Waals surface area (Å²) < 4.78 is 10.6. The van der Waals surface area contributed by atoms with Gasteiger partial charge in [0.25, 0.3) is 0 Å². The van der Waals surface area contributed by atoms with Gasteiger partial charge in [0.05, 0.1) is 18.8 Å². The fourth-order valence-electron chi connectivity index (χ4n) is 1.43. The molecule has 0 aromatic carbocycles. The minimum Gasteiger partial charge on any atom is -0.384 e. The fraction of sp³-hybridized carbons (Fsp3) is 1.00. The van der Waals surface area contributed by atoms with E-state index in [9.17, 15) is 5.11 Å². The van der Waals surface area contributed by atoms with Crippen LogP contribution in [0.5, 0.6) is 0 Å². The van der Waals surface area contributed by atoms with Crippen LogP contribution < -0.4 is 0 Å². The van der Waals surface area contributed by atoms with E-state index in [0.29, 0.717) is 26.2 Å². The second-order valence-corrected chi connectivity index (χ2v) is 3.78. The normalized spacial score (nSPS) is 34.0. The van der Waals surface area contributed by atoms with E-state index in [1.165, 1.54) is 0 Å². The molecule has 1 unspecified atom stereocenters. The minimum absolute atomic E-state index is 0.372. The van der Waals surface area contributed by atoms with Crippen LogP contribution in [0, 0.1) is 0 Å². The van der Waals surface area contributed by atoms with Crippen LogP contribution >= 0.6 is 0 Å². The van der Waals surface area contributed by atoms with Gasteiger partial charge < -0.3 is 14.6 Å². The van der Waals surface area contributed by atoms with Gasteiger partial charge in [-0.2, -0.15) is 0 Å². The summed E-state index contributed by atoms with van der Waals surface area (Å²) >= 11 is 0. The first-order valence-electron chi connectivity index (χ1n) is 4.46. The molecule has 3 nitrogen and oxygen atoms in total. The Morgan fingerprint density at radius 3 is 2.58 bits per heavy atom. The average Bonchev–Trinajstić information content (AvgIpc) is 2.24. The van der Waals surface area contributed by atoms with Crippen molar-refractivity contribution in [2.24, 2.45) is 0 Å². The third-order valence-corrected chi connectivity index (χ3v) is 2.64. The second kappa shape index (κ2) is 3.32. The standard InChI is InChI=1S/C9H18O3/c1-4-11-7-9(10)5-6-12-8(9,2)3/h10H,4-7H2,1-3H3. The lowest BCUT2D eigenvalue weighted by molar-refractivity contribution is -0.132. The van der Waals surface area contributed by atoms with Crippen molar-refractivity contribution in [1.82, 2.24) is 0 Å². The summed E-state index contributed by atoms with van der Waals surface area (Å²) in [6, 6.07) is 0. The summed E-state index contributed by atoms with van der Waals surface area (Å²) in [7, 11) is 0. The molecular weight excluding hydrogens is 156 g/mol. The molecule has 1 fully saturated rings. The predicted octanol–water partition coefficient (Wildman–Crippen LogP) is 0.953. The Balaban J connectivity index is 2.56. The molecule has 0 aliphatic carbocycles. The molecule has 0 amide bonds. The van der Waals surface area contributed by atoms with Gasteiger partial charge in [0.15, 0.2) is 0 Å². The Kier molecular flexibility index (Phi) is 2.76. The molecule has 1 N–H and O–H groups in total. The number of aliphatic hydroxyl groups is 1. The number of hydrogen-bond donors (Lipinski definition) is 1. The van der Waals surface area contributed by atoms with E-state index in [0.717, 1.165) is 0 Å². The summed E-state index contributed by atoms with van der Waals surface area (Å²) in [5.41, 5.74) is -1.27. The summed E-state index contributed by atoms with van der Waals surface area (Å²) in [6.45, 7) is 7.36. The maximum Gasteiger partial charge on any atom is 0.118 e. The van der Waals surface area contributed by atoms with Crippen LogP contribution in [0.1, 0.15) is 27.2 Å². The predicted molar refractivity (Wildman–Crippen MR) is 46.1 cm³/mol. The quantitative estimate of drug-likeness (QED) is 0.692. The highest BCUT2D eigenvalue weighted by Gasteiger charge is 2.49. The van der Waals surface area contributed by atoms with Gasteiger partial charge in [-0.05, 0) is 20.8 Å². The van der Waals surface area contributed by atoms with Crippen molar-refractivity contribution in [3.63, 3.8) is 0 Å².